The molecule has 1 aliphatic carbocycles. The SMILES string of the molecule is CC1=C/C(=N\NC(=O)CCN2CCN(c3ccccc3)CC2)CC1. The number of para-hydroxylation sites is 1. The summed E-state index contributed by atoms with van der Waals surface area (Å²) in [6.45, 7) is 6.92. The number of carbonyl (C=O) groups is 1. The van der Waals surface area contributed by atoms with Crippen molar-refractivity contribution in [1.82, 2.24) is 10.3 Å². The van der Waals surface area contributed by atoms with E-state index in [1.807, 2.05) is 6.07 Å². The number of benzene rings is 1. The molecule has 24 heavy (non-hydrogen) atoms. The maximum absolute atomic E-state index is 11.9. The number of hydrazone groups is 1. The number of allylic oxidation sites excluding steroid dienone is 2. The summed E-state index contributed by atoms with van der Waals surface area (Å²) < 4.78 is 0. The number of anilines is 1. The molecule has 0 saturated carbocycles. The second-order valence-electron chi connectivity index (χ2n) is 6.54. The van der Waals surface area contributed by atoms with Crippen LogP contribution in [-0.4, -0.2) is 49.2 Å². The van der Waals surface area contributed by atoms with Gasteiger partial charge < -0.3 is 4.90 Å². The minimum absolute atomic E-state index is 0.00550. The maximum atomic E-state index is 11.9. The Morgan fingerprint density at radius 2 is 1.88 bits per heavy atom. The van der Waals surface area contributed by atoms with Crippen LogP contribution < -0.4 is 10.3 Å². The molecule has 0 bridgehead atoms. The largest absolute Gasteiger partial charge is 0.369 e. The Kier molecular flexibility index (Phi) is 5.64. The monoisotopic (exact) mass is 326 g/mol. The van der Waals surface area contributed by atoms with E-state index in [1.54, 1.807) is 0 Å². The van der Waals surface area contributed by atoms with E-state index in [-0.39, 0.29) is 5.91 Å². The number of nitrogens with one attached hydrogen (secondary N) is 1. The number of amides is 1. The van der Waals surface area contributed by atoms with Crippen LogP contribution in [0, 0.1) is 0 Å². The van der Waals surface area contributed by atoms with Crippen LogP contribution in [0.4, 0.5) is 5.69 Å². The summed E-state index contributed by atoms with van der Waals surface area (Å²) in [7, 11) is 0. The van der Waals surface area contributed by atoms with Crippen molar-refractivity contribution >= 4 is 17.3 Å². The number of nitrogens with zero attached hydrogens (tertiary/aromatic N) is 3. The number of carbonyl (C=O) groups excluding carboxylic acids is 1. The molecule has 1 aromatic carbocycles. The summed E-state index contributed by atoms with van der Waals surface area (Å²) in [5.74, 6) is 0.00550. The Morgan fingerprint density at radius 3 is 2.54 bits per heavy atom. The molecule has 1 amide bonds. The second kappa shape index (κ2) is 8.11. The molecule has 0 atom stereocenters. The number of hydrogen-bond acceptors (Lipinski definition) is 4. The van der Waals surface area contributed by atoms with E-state index in [1.165, 1.54) is 11.3 Å². The Morgan fingerprint density at radius 1 is 1.12 bits per heavy atom. The van der Waals surface area contributed by atoms with Gasteiger partial charge in [-0.25, -0.2) is 5.43 Å². The standard InChI is InChI=1S/C19H26N4O/c1-16-7-8-17(15-16)20-21-19(24)9-10-22-11-13-23(14-12-22)18-5-3-2-4-6-18/h2-6,15H,7-14H2,1H3,(H,21,24)/b20-17-. The third kappa shape index (κ3) is 4.68. The molecule has 0 spiro atoms. The van der Waals surface area contributed by atoms with Gasteiger partial charge in [-0.2, -0.15) is 5.10 Å². The van der Waals surface area contributed by atoms with Gasteiger partial charge in [0.05, 0.1) is 5.71 Å². The lowest BCUT2D eigenvalue weighted by Gasteiger charge is -2.36. The topological polar surface area (TPSA) is 47.9 Å². The van der Waals surface area contributed by atoms with Gasteiger partial charge >= 0.3 is 0 Å². The third-order valence-corrected chi connectivity index (χ3v) is 4.66. The predicted molar refractivity (Wildman–Crippen MR) is 98.3 cm³/mol. The molecule has 128 valence electrons. The van der Waals surface area contributed by atoms with Crippen LogP contribution in [0.2, 0.25) is 0 Å². The van der Waals surface area contributed by atoms with Gasteiger partial charge in [-0.05, 0) is 38.0 Å². The van der Waals surface area contributed by atoms with Crippen molar-refractivity contribution in [3.63, 3.8) is 0 Å². The summed E-state index contributed by atoms with van der Waals surface area (Å²) in [4.78, 5) is 16.7. The van der Waals surface area contributed by atoms with Gasteiger partial charge in [0, 0.05) is 44.8 Å². The van der Waals surface area contributed by atoms with Gasteiger partial charge in [0.15, 0.2) is 0 Å². The Hall–Kier alpha value is -2.14. The van der Waals surface area contributed by atoms with Gasteiger partial charge in [0.1, 0.15) is 0 Å². The molecule has 1 fully saturated rings. The molecule has 1 N–H and O–H groups in total. The first kappa shape index (κ1) is 16.7. The van der Waals surface area contributed by atoms with Gasteiger partial charge in [0.2, 0.25) is 5.91 Å². The highest BCUT2D eigenvalue weighted by Gasteiger charge is 2.17. The summed E-state index contributed by atoms with van der Waals surface area (Å²) in [5.41, 5.74) is 6.29. The molecule has 5 nitrogen and oxygen atoms in total. The van der Waals surface area contributed by atoms with Gasteiger partial charge in [-0.3, -0.25) is 9.69 Å². The van der Waals surface area contributed by atoms with Crippen molar-refractivity contribution in [2.45, 2.75) is 26.2 Å². The molecule has 0 unspecified atom stereocenters. The normalized spacial score (nSPS) is 20.3. The van der Waals surface area contributed by atoms with Crippen LogP contribution in [0.1, 0.15) is 26.2 Å². The molecule has 3 rings (SSSR count). The van der Waals surface area contributed by atoms with Crippen LogP contribution in [0.5, 0.6) is 0 Å². The first-order chi connectivity index (χ1) is 11.7. The summed E-state index contributed by atoms with van der Waals surface area (Å²) >= 11 is 0. The fourth-order valence-corrected chi connectivity index (χ4v) is 3.16. The van der Waals surface area contributed by atoms with Gasteiger partial charge in [-0.1, -0.05) is 23.8 Å². The van der Waals surface area contributed by atoms with Crippen LogP contribution in [0.3, 0.4) is 0 Å². The Bertz CT molecular complexity index is 616. The molecule has 1 heterocycles. The minimum atomic E-state index is 0.00550. The molecule has 5 heteroatoms. The average Bonchev–Trinajstić information content (AvgIpc) is 3.05. The number of piperazine rings is 1. The molecule has 1 aliphatic heterocycles. The smallest absolute Gasteiger partial charge is 0.241 e. The number of hydrogen-bond donors (Lipinski definition) is 1. The van der Waals surface area contributed by atoms with Crippen molar-refractivity contribution in [2.24, 2.45) is 5.10 Å². The first-order valence-electron chi connectivity index (χ1n) is 8.75. The maximum Gasteiger partial charge on any atom is 0.241 e. The highest BCUT2D eigenvalue weighted by atomic mass is 16.2. The molecule has 1 aromatic rings. The Labute approximate surface area is 144 Å². The van der Waals surface area contributed by atoms with Crippen molar-refractivity contribution < 1.29 is 4.79 Å². The zero-order valence-corrected chi connectivity index (χ0v) is 14.4. The predicted octanol–water partition coefficient (Wildman–Crippen LogP) is 2.41. The van der Waals surface area contributed by atoms with Crippen LogP contribution >= 0.6 is 0 Å². The van der Waals surface area contributed by atoms with Crippen molar-refractivity contribution in [1.29, 1.82) is 0 Å². The zero-order valence-electron chi connectivity index (χ0n) is 14.4. The Balaban J connectivity index is 1.37. The van der Waals surface area contributed by atoms with E-state index in [2.05, 4.69) is 57.6 Å². The summed E-state index contributed by atoms with van der Waals surface area (Å²) in [6, 6.07) is 10.5. The second-order valence-corrected chi connectivity index (χ2v) is 6.54. The van der Waals surface area contributed by atoms with E-state index in [9.17, 15) is 4.79 Å². The number of rotatable bonds is 5. The third-order valence-electron chi connectivity index (χ3n) is 4.66. The highest BCUT2D eigenvalue weighted by Crippen LogP contribution is 2.16. The van der Waals surface area contributed by atoms with E-state index in [0.29, 0.717) is 6.42 Å². The van der Waals surface area contributed by atoms with Crippen LogP contribution in [0.25, 0.3) is 0 Å². The zero-order chi connectivity index (χ0) is 16.8. The molecular formula is C19H26N4O. The van der Waals surface area contributed by atoms with Crippen LogP contribution in [-0.2, 0) is 4.79 Å². The lowest BCUT2D eigenvalue weighted by atomic mass is 10.2. The van der Waals surface area contributed by atoms with E-state index in [4.69, 9.17) is 0 Å². The van der Waals surface area contributed by atoms with Gasteiger partial charge in [-0.15, -0.1) is 0 Å². The summed E-state index contributed by atoms with van der Waals surface area (Å²) in [6.07, 6.45) is 4.56. The lowest BCUT2D eigenvalue weighted by molar-refractivity contribution is -0.121. The molecule has 2 aliphatic rings. The quantitative estimate of drug-likeness (QED) is 0.845. The van der Waals surface area contributed by atoms with E-state index < -0.39 is 0 Å². The molecular weight excluding hydrogens is 300 g/mol. The van der Waals surface area contributed by atoms with E-state index >= 15 is 0 Å². The first-order valence-corrected chi connectivity index (χ1v) is 8.75. The molecule has 0 radical (unpaired) electrons. The molecule has 0 aromatic heterocycles. The van der Waals surface area contributed by atoms with Crippen molar-refractivity contribution in [3.8, 4) is 0 Å². The van der Waals surface area contributed by atoms with Gasteiger partial charge in [0.25, 0.3) is 0 Å². The average molecular weight is 326 g/mol. The molecule has 1 saturated heterocycles. The fraction of sp³-hybridized carbons (Fsp3) is 0.474. The summed E-state index contributed by atoms with van der Waals surface area (Å²) in [5, 5.41) is 4.20. The lowest BCUT2D eigenvalue weighted by Crippen LogP contribution is -2.47. The van der Waals surface area contributed by atoms with E-state index in [0.717, 1.165) is 51.3 Å². The highest BCUT2D eigenvalue weighted by molar-refractivity contribution is 5.98. The van der Waals surface area contributed by atoms with Crippen molar-refractivity contribution in [3.05, 3.63) is 42.0 Å². The fourth-order valence-electron chi connectivity index (χ4n) is 3.16. The minimum Gasteiger partial charge on any atom is -0.369 e. The van der Waals surface area contributed by atoms with Crippen LogP contribution in [0.15, 0.2) is 47.1 Å². The van der Waals surface area contributed by atoms with Crippen molar-refractivity contribution in [2.75, 3.05) is 37.6 Å².